The SMILES string of the molecule is CCN(CC)S(=O)(=O)c1ccc(OC)c(NCC(=O)Nc2ccc(F)cc2F)c1. The monoisotopic (exact) mass is 427 g/mol. The van der Waals surface area contributed by atoms with Crippen LogP contribution in [0.1, 0.15) is 13.8 Å². The average Bonchev–Trinajstić information content (AvgIpc) is 2.69. The molecule has 0 aromatic heterocycles. The van der Waals surface area contributed by atoms with Gasteiger partial charge in [0.1, 0.15) is 17.4 Å². The largest absolute Gasteiger partial charge is 0.495 e. The standard InChI is InChI=1S/C19H23F2N3O4S/c1-4-24(5-2)29(26,27)14-7-9-18(28-3)17(11-14)22-12-19(25)23-16-8-6-13(20)10-15(16)21/h6-11,22H,4-5,12H2,1-3H3,(H,23,25). The molecule has 1 amide bonds. The van der Waals surface area contributed by atoms with Gasteiger partial charge in [-0.3, -0.25) is 4.79 Å². The molecule has 0 saturated heterocycles. The minimum atomic E-state index is -3.69. The molecule has 0 heterocycles. The Balaban J connectivity index is 2.18. The number of benzene rings is 2. The number of hydrogen-bond donors (Lipinski definition) is 2. The lowest BCUT2D eigenvalue weighted by molar-refractivity contribution is -0.114. The fraction of sp³-hybridized carbons (Fsp3) is 0.316. The van der Waals surface area contributed by atoms with Crippen molar-refractivity contribution < 1.29 is 26.7 Å². The van der Waals surface area contributed by atoms with Crippen LogP contribution in [-0.2, 0) is 14.8 Å². The van der Waals surface area contributed by atoms with Gasteiger partial charge in [0.15, 0.2) is 0 Å². The van der Waals surface area contributed by atoms with Crippen LogP contribution in [0.2, 0.25) is 0 Å². The molecule has 2 N–H and O–H groups in total. The third-order valence-corrected chi connectivity index (χ3v) is 6.20. The molecule has 0 unspecified atom stereocenters. The van der Waals surface area contributed by atoms with E-state index in [9.17, 15) is 22.0 Å². The molecule has 10 heteroatoms. The van der Waals surface area contributed by atoms with Gasteiger partial charge in [-0.25, -0.2) is 17.2 Å². The lowest BCUT2D eigenvalue weighted by Gasteiger charge is -2.20. The third-order valence-electron chi connectivity index (χ3n) is 4.16. The van der Waals surface area contributed by atoms with E-state index >= 15 is 0 Å². The second-order valence-corrected chi connectivity index (χ2v) is 7.92. The van der Waals surface area contributed by atoms with E-state index in [2.05, 4.69) is 10.6 Å². The summed E-state index contributed by atoms with van der Waals surface area (Å²) in [5.74, 6) is -1.92. The molecule has 0 bridgehead atoms. The first-order valence-electron chi connectivity index (χ1n) is 8.89. The number of rotatable bonds is 9. The van der Waals surface area contributed by atoms with Crippen molar-refractivity contribution >= 4 is 27.3 Å². The number of hydrogen-bond acceptors (Lipinski definition) is 5. The van der Waals surface area contributed by atoms with E-state index < -0.39 is 27.6 Å². The summed E-state index contributed by atoms with van der Waals surface area (Å²) in [6.45, 7) is 3.83. The van der Waals surface area contributed by atoms with Crippen molar-refractivity contribution in [1.29, 1.82) is 0 Å². The highest BCUT2D eigenvalue weighted by atomic mass is 32.2. The van der Waals surface area contributed by atoms with Crippen molar-refractivity contribution in [3.8, 4) is 5.75 Å². The average molecular weight is 427 g/mol. The second-order valence-electron chi connectivity index (χ2n) is 5.98. The van der Waals surface area contributed by atoms with Crippen LogP contribution in [-0.4, -0.2) is 45.4 Å². The van der Waals surface area contributed by atoms with Crippen molar-refractivity contribution in [3.63, 3.8) is 0 Å². The first kappa shape index (κ1) is 22.6. The minimum Gasteiger partial charge on any atom is -0.495 e. The van der Waals surface area contributed by atoms with Crippen molar-refractivity contribution in [2.75, 3.05) is 37.4 Å². The Morgan fingerprint density at radius 2 is 1.76 bits per heavy atom. The molecule has 0 spiro atoms. The van der Waals surface area contributed by atoms with Crippen LogP contribution >= 0.6 is 0 Å². The Bertz CT molecular complexity index is 979. The van der Waals surface area contributed by atoms with Crippen LogP contribution < -0.4 is 15.4 Å². The third kappa shape index (κ3) is 5.42. The summed E-state index contributed by atoms with van der Waals surface area (Å²) in [4.78, 5) is 12.2. The molecule has 0 aliphatic rings. The molecule has 2 aromatic carbocycles. The topological polar surface area (TPSA) is 87.7 Å². The van der Waals surface area contributed by atoms with Gasteiger partial charge in [0.2, 0.25) is 15.9 Å². The maximum atomic E-state index is 13.7. The number of carbonyl (C=O) groups is 1. The van der Waals surface area contributed by atoms with Gasteiger partial charge in [-0.05, 0) is 30.3 Å². The van der Waals surface area contributed by atoms with Gasteiger partial charge in [-0.2, -0.15) is 4.31 Å². The van der Waals surface area contributed by atoms with Gasteiger partial charge in [0.05, 0.1) is 29.9 Å². The lowest BCUT2D eigenvalue weighted by Crippen LogP contribution is -2.30. The van der Waals surface area contributed by atoms with E-state index in [0.29, 0.717) is 24.9 Å². The first-order valence-corrected chi connectivity index (χ1v) is 10.3. The summed E-state index contributed by atoms with van der Waals surface area (Å²) in [5, 5.41) is 5.10. The van der Waals surface area contributed by atoms with Crippen LogP contribution in [0.15, 0.2) is 41.3 Å². The van der Waals surface area contributed by atoms with Gasteiger partial charge in [0, 0.05) is 19.2 Å². The van der Waals surface area contributed by atoms with E-state index in [0.717, 1.165) is 12.1 Å². The maximum absolute atomic E-state index is 13.7. The Hall–Kier alpha value is -2.72. The zero-order valence-electron chi connectivity index (χ0n) is 16.3. The second kappa shape index (κ2) is 9.66. The molecule has 2 aromatic rings. The summed E-state index contributed by atoms with van der Waals surface area (Å²) < 4.78 is 58.5. The number of carbonyl (C=O) groups excluding carboxylic acids is 1. The van der Waals surface area contributed by atoms with Crippen LogP contribution in [0.25, 0.3) is 0 Å². The molecule has 2 rings (SSSR count). The van der Waals surface area contributed by atoms with Crippen LogP contribution in [0.4, 0.5) is 20.2 Å². The van der Waals surface area contributed by atoms with Gasteiger partial charge in [0.25, 0.3) is 0 Å². The van der Waals surface area contributed by atoms with Gasteiger partial charge in [-0.15, -0.1) is 0 Å². The molecule has 0 radical (unpaired) electrons. The van der Waals surface area contributed by atoms with Crippen LogP contribution in [0.5, 0.6) is 5.75 Å². The molecule has 0 saturated carbocycles. The Kier molecular flexibility index (Phi) is 7.52. The lowest BCUT2D eigenvalue weighted by atomic mass is 10.2. The van der Waals surface area contributed by atoms with Gasteiger partial charge < -0.3 is 15.4 Å². The molecule has 0 aliphatic heterocycles. The van der Waals surface area contributed by atoms with Gasteiger partial charge in [-0.1, -0.05) is 13.8 Å². The molecule has 158 valence electrons. The van der Waals surface area contributed by atoms with Crippen molar-refractivity contribution in [2.45, 2.75) is 18.7 Å². The highest BCUT2D eigenvalue weighted by molar-refractivity contribution is 7.89. The molecule has 0 atom stereocenters. The Morgan fingerprint density at radius 1 is 1.07 bits per heavy atom. The number of halogens is 2. The first-order chi connectivity index (χ1) is 13.7. The maximum Gasteiger partial charge on any atom is 0.243 e. The van der Waals surface area contributed by atoms with E-state index in [-0.39, 0.29) is 22.8 Å². The number of amides is 1. The smallest absolute Gasteiger partial charge is 0.243 e. The van der Waals surface area contributed by atoms with E-state index in [4.69, 9.17) is 4.74 Å². The number of anilines is 2. The predicted molar refractivity (Wildman–Crippen MR) is 107 cm³/mol. The fourth-order valence-corrected chi connectivity index (χ4v) is 4.14. The Labute approximate surface area is 168 Å². The molecule has 0 fully saturated rings. The van der Waals surface area contributed by atoms with E-state index in [1.807, 2.05) is 0 Å². The van der Waals surface area contributed by atoms with E-state index in [1.165, 1.54) is 29.6 Å². The van der Waals surface area contributed by atoms with Crippen molar-refractivity contribution in [3.05, 3.63) is 48.0 Å². The molecule has 29 heavy (non-hydrogen) atoms. The Morgan fingerprint density at radius 3 is 2.34 bits per heavy atom. The molecule has 0 aliphatic carbocycles. The molecule has 7 nitrogen and oxygen atoms in total. The number of nitrogens with zero attached hydrogens (tertiary/aromatic N) is 1. The number of nitrogens with one attached hydrogen (secondary N) is 2. The number of sulfonamides is 1. The highest BCUT2D eigenvalue weighted by Crippen LogP contribution is 2.29. The molecular formula is C19H23F2N3O4S. The number of ether oxygens (including phenoxy) is 1. The predicted octanol–water partition coefficient (Wildman–Crippen LogP) is 3.05. The normalized spacial score (nSPS) is 11.4. The summed E-state index contributed by atoms with van der Waals surface area (Å²) in [6, 6.07) is 7.07. The quantitative estimate of drug-likeness (QED) is 0.642. The highest BCUT2D eigenvalue weighted by Gasteiger charge is 2.23. The minimum absolute atomic E-state index is 0.0505. The van der Waals surface area contributed by atoms with Crippen molar-refractivity contribution in [2.24, 2.45) is 0 Å². The van der Waals surface area contributed by atoms with E-state index in [1.54, 1.807) is 13.8 Å². The number of methoxy groups -OCH3 is 1. The summed E-state index contributed by atoms with van der Waals surface area (Å²) >= 11 is 0. The van der Waals surface area contributed by atoms with Crippen molar-refractivity contribution in [1.82, 2.24) is 4.31 Å². The summed E-state index contributed by atoms with van der Waals surface area (Å²) in [6.07, 6.45) is 0. The van der Waals surface area contributed by atoms with Crippen LogP contribution in [0, 0.1) is 11.6 Å². The molecular weight excluding hydrogens is 404 g/mol. The zero-order chi connectivity index (χ0) is 21.6. The fourth-order valence-electron chi connectivity index (χ4n) is 2.66. The van der Waals surface area contributed by atoms with Crippen LogP contribution in [0.3, 0.4) is 0 Å². The summed E-state index contributed by atoms with van der Waals surface area (Å²) in [7, 11) is -2.28. The zero-order valence-corrected chi connectivity index (χ0v) is 17.1. The summed E-state index contributed by atoms with van der Waals surface area (Å²) in [5.41, 5.74) is 0.124. The van der Waals surface area contributed by atoms with Gasteiger partial charge >= 0.3 is 0 Å².